The number of oxime groups is 1. The molecule has 0 spiro atoms. The highest BCUT2D eigenvalue weighted by atomic mass is 16.6. The quantitative estimate of drug-likeness (QED) is 0.366. The number of carbonyl (C=O) groups excluding carboxylic acids is 2. The average Bonchev–Trinajstić information content (AvgIpc) is 2.61. The summed E-state index contributed by atoms with van der Waals surface area (Å²) in [4.78, 5) is 36.0. The number of primary amides is 2. The molecule has 0 aliphatic carbocycles. The second-order valence-corrected chi connectivity index (χ2v) is 5.33. The number of hydrogen-bond acceptors (Lipinski definition) is 9. The zero-order valence-electron chi connectivity index (χ0n) is 14.7. The van der Waals surface area contributed by atoms with Crippen LogP contribution in [0.2, 0.25) is 0 Å². The van der Waals surface area contributed by atoms with Crippen molar-refractivity contribution in [2.24, 2.45) is 16.6 Å². The van der Waals surface area contributed by atoms with E-state index in [9.17, 15) is 9.59 Å². The third-order valence-electron chi connectivity index (χ3n) is 3.38. The first-order chi connectivity index (χ1) is 12.8. The highest BCUT2D eigenvalue weighted by Gasteiger charge is 2.16. The van der Waals surface area contributed by atoms with Gasteiger partial charge in [-0.2, -0.15) is 4.98 Å². The van der Waals surface area contributed by atoms with Crippen LogP contribution in [0.15, 0.2) is 29.6 Å². The number of aromatic nitrogens is 2. The van der Waals surface area contributed by atoms with Gasteiger partial charge in [0.15, 0.2) is 5.75 Å². The Morgan fingerprint density at radius 2 is 1.96 bits per heavy atom. The van der Waals surface area contributed by atoms with Gasteiger partial charge in [0.25, 0.3) is 5.91 Å². The SMILES string of the molecule is C=NOc1cc(Nc2nc(N[C@H](C)C(N)=O)ncc2C(N)=O)cc(OC)c1. The molecule has 11 nitrogen and oxygen atoms in total. The van der Waals surface area contributed by atoms with Crippen LogP contribution in [0, 0.1) is 0 Å². The van der Waals surface area contributed by atoms with E-state index in [1.807, 2.05) is 0 Å². The number of rotatable bonds is 9. The molecule has 0 unspecified atom stereocenters. The lowest BCUT2D eigenvalue weighted by molar-refractivity contribution is -0.118. The predicted molar refractivity (Wildman–Crippen MR) is 99.3 cm³/mol. The molecule has 1 atom stereocenters. The van der Waals surface area contributed by atoms with E-state index in [2.05, 4.69) is 32.5 Å². The van der Waals surface area contributed by atoms with Gasteiger partial charge < -0.3 is 31.7 Å². The summed E-state index contributed by atoms with van der Waals surface area (Å²) in [5, 5.41) is 9.02. The van der Waals surface area contributed by atoms with Crippen LogP contribution in [0.4, 0.5) is 17.5 Å². The number of nitrogens with one attached hydrogen (secondary N) is 2. The summed E-state index contributed by atoms with van der Waals surface area (Å²) in [6.07, 6.45) is 1.23. The van der Waals surface area contributed by atoms with Crippen molar-refractivity contribution in [1.82, 2.24) is 9.97 Å². The summed E-state index contributed by atoms with van der Waals surface area (Å²) in [5.74, 6) is -0.308. The van der Waals surface area contributed by atoms with Crippen molar-refractivity contribution < 1.29 is 19.2 Å². The van der Waals surface area contributed by atoms with Gasteiger partial charge in [0, 0.05) is 36.8 Å². The molecule has 6 N–H and O–H groups in total. The predicted octanol–water partition coefficient (Wildman–Crippen LogP) is 0.608. The normalized spacial score (nSPS) is 11.2. The minimum Gasteiger partial charge on any atom is -0.497 e. The Kier molecular flexibility index (Phi) is 6.10. The highest BCUT2D eigenvalue weighted by Crippen LogP contribution is 2.29. The van der Waals surface area contributed by atoms with Crippen LogP contribution in [-0.4, -0.2) is 41.7 Å². The van der Waals surface area contributed by atoms with E-state index in [1.54, 1.807) is 25.1 Å². The van der Waals surface area contributed by atoms with Gasteiger partial charge in [0.05, 0.1) is 7.11 Å². The monoisotopic (exact) mass is 373 g/mol. The second-order valence-electron chi connectivity index (χ2n) is 5.33. The number of carbonyl (C=O) groups is 2. The molecule has 0 radical (unpaired) electrons. The largest absolute Gasteiger partial charge is 0.497 e. The van der Waals surface area contributed by atoms with Gasteiger partial charge in [-0.05, 0) is 6.92 Å². The van der Waals surface area contributed by atoms with Crippen molar-refractivity contribution >= 4 is 36.0 Å². The van der Waals surface area contributed by atoms with Gasteiger partial charge in [-0.3, -0.25) is 9.59 Å². The standard InChI is InChI=1S/C16H19N7O4/c1-8(13(17)24)21-16-20-7-12(14(18)25)15(23-16)22-9-4-10(26-3)6-11(5-9)27-19-2/h4-8H,2H2,1,3H3,(H2,17,24)(H2,18,25)(H2,20,21,22,23)/t8-/m1/s1. The number of amides is 2. The first-order valence-corrected chi connectivity index (χ1v) is 7.66. The van der Waals surface area contributed by atoms with Crippen molar-refractivity contribution in [3.63, 3.8) is 0 Å². The molecule has 11 heteroatoms. The molecule has 2 rings (SSSR count). The highest BCUT2D eigenvalue weighted by molar-refractivity contribution is 5.98. The third-order valence-corrected chi connectivity index (χ3v) is 3.38. The number of nitrogens with two attached hydrogens (primary N) is 2. The fourth-order valence-electron chi connectivity index (χ4n) is 2.02. The molecule has 0 saturated heterocycles. The molecule has 0 fully saturated rings. The minimum absolute atomic E-state index is 0.0411. The Morgan fingerprint density at radius 3 is 2.56 bits per heavy atom. The van der Waals surface area contributed by atoms with Crippen LogP contribution >= 0.6 is 0 Å². The van der Waals surface area contributed by atoms with Crippen molar-refractivity contribution in [3.05, 3.63) is 30.0 Å². The van der Waals surface area contributed by atoms with Crippen molar-refractivity contribution in [2.45, 2.75) is 13.0 Å². The summed E-state index contributed by atoms with van der Waals surface area (Å²) in [5.41, 5.74) is 11.1. The molecular weight excluding hydrogens is 354 g/mol. The summed E-state index contributed by atoms with van der Waals surface area (Å²) in [6, 6.07) is 4.11. The molecule has 2 aromatic rings. The van der Waals surface area contributed by atoms with Crippen molar-refractivity contribution in [2.75, 3.05) is 17.7 Å². The Balaban J connectivity index is 2.40. The molecule has 2 amide bonds. The fourth-order valence-corrected chi connectivity index (χ4v) is 2.02. The van der Waals surface area contributed by atoms with E-state index in [0.29, 0.717) is 17.2 Å². The van der Waals surface area contributed by atoms with Crippen LogP contribution in [0.3, 0.4) is 0 Å². The van der Waals surface area contributed by atoms with Crippen LogP contribution in [-0.2, 0) is 4.79 Å². The number of anilines is 3. The number of nitrogens with zero attached hydrogens (tertiary/aromatic N) is 3. The molecule has 1 heterocycles. The van der Waals surface area contributed by atoms with E-state index < -0.39 is 17.9 Å². The minimum atomic E-state index is -0.737. The molecule has 1 aromatic heterocycles. The molecule has 142 valence electrons. The summed E-state index contributed by atoms with van der Waals surface area (Å²) >= 11 is 0. The zero-order valence-corrected chi connectivity index (χ0v) is 14.7. The van der Waals surface area contributed by atoms with Crippen molar-refractivity contribution in [3.8, 4) is 11.5 Å². The van der Waals surface area contributed by atoms with Crippen LogP contribution in [0.25, 0.3) is 0 Å². The van der Waals surface area contributed by atoms with E-state index in [4.69, 9.17) is 21.0 Å². The molecule has 0 aliphatic heterocycles. The topological polar surface area (TPSA) is 167 Å². The van der Waals surface area contributed by atoms with Crippen LogP contribution in [0.1, 0.15) is 17.3 Å². The molecule has 0 bridgehead atoms. The lowest BCUT2D eigenvalue weighted by Crippen LogP contribution is -2.33. The summed E-state index contributed by atoms with van der Waals surface area (Å²) in [7, 11) is 1.48. The molecule has 0 saturated carbocycles. The van der Waals surface area contributed by atoms with Gasteiger partial charge >= 0.3 is 0 Å². The zero-order chi connectivity index (χ0) is 20.0. The maximum absolute atomic E-state index is 11.7. The van der Waals surface area contributed by atoms with Gasteiger partial charge in [-0.1, -0.05) is 5.16 Å². The second kappa shape index (κ2) is 8.47. The summed E-state index contributed by atoms with van der Waals surface area (Å²) in [6.45, 7) is 4.80. The molecule has 0 aliphatic rings. The smallest absolute Gasteiger partial charge is 0.254 e. The van der Waals surface area contributed by atoms with Crippen LogP contribution in [0.5, 0.6) is 11.5 Å². The summed E-state index contributed by atoms with van der Waals surface area (Å²) < 4.78 is 5.19. The number of methoxy groups -OCH3 is 1. The number of hydrogen-bond donors (Lipinski definition) is 4. The lowest BCUT2D eigenvalue weighted by Gasteiger charge is -2.14. The van der Waals surface area contributed by atoms with E-state index in [1.165, 1.54) is 13.3 Å². The first kappa shape index (κ1) is 19.4. The van der Waals surface area contributed by atoms with Gasteiger partial charge in [0.1, 0.15) is 23.2 Å². The number of benzene rings is 1. The lowest BCUT2D eigenvalue weighted by atomic mass is 10.2. The van der Waals surface area contributed by atoms with Crippen LogP contribution < -0.4 is 31.7 Å². The molecule has 27 heavy (non-hydrogen) atoms. The van der Waals surface area contributed by atoms with Gasteiger partial charge in [0.2, 0.25) is 11.9 Å². The Hall–Kier alpha value is -3.89. The average molecular weight is 373 g/mol. The van der Waals surface area contributed by atoms with Gasteiger partial charge in [-0.25, -0.2) is 4.98 Å². The first-order valence-electron chi connectivity index (χ1n) is 7.66. The molecule has 1 aromatic carbocycles. The molecular formula is C16H19N7O4. The maximum atomic E-state index is 11.7. The van der Waals surface area contributed by atoms with Crippen molar-refractivity contribution in [1.29, 1.82) is 0 Å². The Labute approximate surface area is 154 Å². The van der Waals surface area contributed by atoms with E-state index >= 15 is 0 Å². The van der Waals surface area contributed by atoms with E-state index in [-0.39, 0.29) is 17.3 Å². The van der Waals surface area contributed by atoms with E-state index in [0.717, 1.165) is 0 Å². The maximum Gasteiger partial charge on any atom is 0.254 e. The Morgan fingerprint density at radius 1 is 1.26 bits per heavy atom. The number of ether oxygens (including phenoxy) is 1. The van der Waals surface area contributed by atoms with Gasteiger partial charge in [-0.15, -0.1) is 0 Å². The fraction of sp³-hybridized carbons (Fsp3) is 0.188. The Bertz CT molecular complexity index is 872. The third kappa shape index (κ3) is 5.04.